The second-order valence-corrected chi connectivity index (χ2v) is 6.60. The smallest absolute Gasteiger partial charge is 0.226 e. The Labute approximate surface area is 153 Å². The van der Waals surface area contributed by atoms with Gasteiger partial charge in [-0.25, -0.2) is 13.5 Å². The van der Waals surface area contributed by atoms with E-state index in [0.717, 1.165) is 11.6 Å². The number of amides is 1. The van der Waals surface area contributed by atoms with Gasteiger partial charge in [0, 0.05) is 22.9 Å². The zero-order chi connectivity index (χ0) is 18.4. The van der Waals surface area contributed by atoms with Crippen LogP contribution in [-0.4, -0.2) is 15.7 Å². The van der Waals surface area contributed by atoms with Gasteiger partial charge in [0.15, 0.2) is 11.6 Å². The van der Waals surface area contributed by atoms with E-state index in [0.29, 0.717) is 22.1 Å². The number of aromatic nitrogens is 2. The lowest BCUT2D eigenvalue weighted by molar-refractivity contribution is -0.116. The molecule has 1 aliphatic heterocycles. The van der Waals surface area contributed by atoms with Gasteiger partial charge in [0.25, 0.3) is 0 Å². The number of nitrogens with zero attached hydrogens (tertiary/aromatic N) is 2. The molecule has 3 aromatic rings. The minimum absolute atomic E-state index is 0.0214. The van der Waals surface area contributed by atoms with Crippen LogP contribution in [0.5, 0.6) is 0 Å². The molecule has 0 saturated carbocycles. The fourth-order valence-corrected chi connectivity index (χ4v) is 3.46. The molecule has 1 amide bonds. The van der Waals surface area contributed by atoms with Crippen molar-refractivity contribution < 1.29 is 13.6 Å². The van der Waals surface area contributed by atoms with Gasteiger partial charge in [-0.1, -0.05) is 29.8 Å². The number of fused-ring (bicyclic) bond motifs is 1. The summed E-state index contributed by atoms with van der Waals surface area (Å²) in [5.74, 6) is -2.33. The van der Waals surface area contributed by atoms with Crippen molar-refractivity contribution in [2.75, 3.05) is 5.32 Å². The van der Waals surface area contributed by atoms with E-state index in [2.05, 4.69) is 10.4 Å². The van der Waals surface area contributed by atoms with E-state index in [-0.39, 0.29) is 17.9 Å². The van der Waals surface area contributed by atoms with E-state index in [1.54, 1.807) is 23.0 Å². The van der Waals surface area contributed by atoms with Gasteiger partial charge in [0.1, 0.15) is 5.82 Å². The van der Waals surface area contributed by atoms with Crippen LogP contribution in [0.25, 0.3) is 5.69 Å². The van der Waals surface area contributed by atoms with Gasteiger partial charge in [0.05, 0.1) is 11.9 Å². The topological polar surface area (TPSA) is 46.9 Å². The third kappa shape index (κ3) is 2.57. The van der Waals surface area contributed by atoms with Gasteiger partial charge in [-0.2, -0.15) is 5.10 Å². The third-order valence-electron chi connectivity index (χ3n) is 4.64. The molecule has 0 spiro atoms. The summed E-state index contributed by atoms with van der Waals surface area (Å²) < 4.78 is 29.5. The largest absolute Gasteiger partial charge is 0.310 e. The highest BCUT2D eigenvalue weighted by Gasteiger charge is 2.32. The number of anilines is 1. The van der Waals surface area contributed by atoms with Gasteiger partial charge in [0.2, 0.25) is 5.91 Å². The zero-order valence-corrected chi connectivity index (χ0v) is 14.5. The first kappa shape index (κ1) is 16.7. The van der Waals surface area contributed by atoms with Crippen LogP contribution in [0.1, 0.15) is 29.0 Å². The Hall–Kier alpha value is -2.73. The van der Waals surface area contributed by atoms with Crippen LogP contribution in [0.3, 0.4) is 0 Å². The summed E-state index contributed by atoms with van der Waals surface area (Å²) in [6.07, 6.45) is 1.59. The van der Waals surface area contributed by atoms with E-state index < -0.39 is 17.6 Å². The number of hydrogen-bond donors (Lipinski definition) is 1. The lowest BCUT2D eigenvalue weighted by atomic mass is 9.87. The molecule has 4 rings (SSSR count). The lowest BCUT2D eigenvalue weighted by Gasteiger charge is -2.24. The predicted octanol–water partition coefficient (Wildman–Crippen LogP) is 4.59. The van der Waals surface area contributed by atoms with Crippen molar-refractivity contribution in [1.82, 2.24) is 9.78 Å². The molecule has 2 heterocycles. The molecule has 1 atom stereocenters. The molecule has 0 saturated heterocycles. The molecular formula is C19H14ClF2N3O. The molecule has 1 N–H and O–H groups in total. The molecule has 0 aliphatic carbocycles. The summed E-state index contributed by atoms with van der Waals surface area (Å²) in [5.41, 5.74) is 2.28. The molecule has 0 unspecified atom stereocenters. The number of nitrogens with one attached hydrogen (secondary N) is 1. The molecule has 0 fully saturated rings. The molecule has 7 heteroatoms. The van der Waals surface area contributed by atoms with Crippen LogP contribution in [-0.2, 0) is 4.79 Å². The molecule has 1 aliphatic rings. The Bertz CT molecular complexity index is 1030. The number of benzene rings is 2. The van der Waals surface area contributed by atoms with Crippen molar-refractivity contribution in [1.29, 1.82) is 0 Å². The summed E-state index contributed by atoms with van der Waals surface area (Å²) in [5, 5.41) is 7.72. The van der Waals surface area contributed by atoms with Gasteiger partial charge in [-0.15, -0.1) is 0 Å². The van der Waals surface area contributed by atoms with E-state index in [9.17, 15) is 13.6 Å². The maximum atomic E-state index is 14.3. The summed E-state index contributed by atoms with van der Waals surface area (Å²) in [6, 6.07) is 9.36. The Kier molecular flexibility index (Phi) is 4.00. The average Bonchev–Trinajstić information content (AvgIpc) is 3.03. The van der Waals surface area contributed by atoms with E-state index in [1.165, 1.54) is 12.1 Å². The first-order chi connectivity index (χ1) is 12.5. The Balaban J connectivity index is 1.88. The molecule has 1 aromatic heterocycles. The predicted molar refractivity (Wildman–Crippen MR) is 94.8 cm³/mol. The zero-order valence-electron chi connectivity index (χ0n) is 13.8. The van der Waals surface area contributed by atoms with Gasteiger partial charge >= 0.3 is 0 Å². The number of hydrogen-bond acceptors (Lipinski definition) is 2. The summed E-state index contributed by atoms with van der Waals surface area (Å²) in [4.78, 5) is 12.2. The quantitative estimate of drug-likeness (QED) is 0.714. The normalized spacial score (nSPS) is 16.3. The molecule has 4 nitrogen and oxygen atoms in total. The van der Waals surface area contributed by atoms with E-state index in [4.69, 9.17) is 11.6 Å². The van der Waals surface area contributed by atoms with Crippen molar-refractivity contribution in [3.05, 3.63) is 75.9 Å². The standard InChI is InChI=1S/C19H14ClF2N3O/c1-10-14(20)5-3-7-16(10)25-19-13(9-23-25)12(8-17(26)24-19)11-4-2-6-15(21)18(11)22/h2-7,9,12H,8H2,1H3,(H,24,26)/t12-/m1/s1. The lowest BCUT2D eigenvalue weighted by Crippen LogP contribution is -2.25. The first-order valence-corrected chi connectivity index (χ1v) is 8.42. The average molecular weight is 374 g/mol. The highest BCUT2D eigenvalue weighted by Crippen LogP contribution is 2.39. The van der Waals surface area contributed by atoms with Crippen LogP contribution in [0, 0.1) is 18.6 Å². The van der Waals surface area contributed by atoms with Crippen LogP contribution < -0.4 is 5.32 Å². The Morgan fingerprint density at radius 2 is 1.96 bits per heavy atom. The van der Waals surface area contributed by atoms with Gasteiger partial charge < -0.3 is 5.32 Å². The molecule has 0 bridgehead atoms. The minimum atomic E-state index is -0.940. The van der Waals surface area contributed by atoms with Crippen molar-refractivity contribution in [2.24, 2.45) is 0 Å². The SMILES string of the molecule is Cc1c(Cl)cccc1-n1ncc2c1NC(=O)C[C@@H]2c1cccc(F)c1F. The van der Waals surface area contributed by atoms with Gasteiger partial charge in [-0.05, 0) is 36.2 Å². The molecular weight excluding hydrogens is 360 g/mol. The number of halogens is 3. The minimum Gasteiger partial charge on any atom is -0.310 e. The fourth-order valence-electron chi connectivity index (χ4n) is 3.29. The first-order valence-electron chi connectivity index (χ1n) is 8.04. The Morgan fingerprint density at radius 3 is 2.77 bits per heavy atom. The summed E-state index contributed by atoms with van der Waals surface area (Å²) >= 11 is 6.19. The molecule has 132 valence electrons. The highest BCUT2D eigenvalue weighted by molar-refractivity contribution is 6.31. The summed E-state index contributed by atoms with van der Waals surface area (Å²) in [7, 11) is 0. The van der Waals surface area contributed by atoms with Crippen molar-refractivity contribution in [3.63, 3.8) is 0 Å². The summed E-state index contributed by atoms with van der Waals surface area (Å²) in [6.45, 7) is 1.85. The van der Waals surface area contributed by atoms with Crippen LogP contribution in [0.15, 0.2) is 42.6 Å². The maximum absolute atomic E-state index is 14.3. The van der Waals surface area contributed by atoms with Crippen LogP contribution in [0.2, 0.25) is 5.02 Å². The second kappa shape index (κ2) is 6.21. The second-order valence-electron chi connectivity index (χ2n) is 6.19. The number of carbonyl (C=O) groups is 1. The molecule has 2 aromatic carbocycles. The Morgan fingerprint density at radius 1 is 1.19 bits per heavy atom. The fraction of sp³-hybridized carbons (Fsp3) is 0.158. The van der Waals surface area contributed by atoms with E-state index >= 15 is 0 Å². The molecule has 0 radical (unpaired) electrons. The maximum Gasteiger partial charge on any atom is 0.226 e. The van der Waals surface area contributed by atoms with Crippen molar-refractivity contribution in [2.45, 2.75) is 19.3 Å². The van der Waals surface area contributed by atoms with E-state index in [1.807, 2.05) is 13.0 Å². The highest BCUT2D eigenvalue weighted by atomic mass is 35.5. The third-order valence-corrected chi connectivity index (χ3v) is 5.05. The van der Waals surface area contributed by atoms with Crippen molar-refractivity contribution >= 4 is 23.3 Å². The van der Waals surface area contributed by atoms with Gasteiger partial charge in [-0.3, -0.25) is 4.79 Å². The molecule has 26 heavy (non-hydrogen) atoms. The monoisotopic (exact) mass is 373 g/mol. The number of rotatable bonds is 2. The van der Waals surface area contributed by atoms with Crippen LogP contribution >= 0.6 is 11.6 Å². The number of carbonyl (C=O) groups excluding carboxylic acids is 1. The van der Waals surface area contributed by atoms with Crippen molar-refractivity contribution in [3.8, 4) is 5.69 Å². The van der Waals surface area contributed by atoms with Crippen LogP contribution in [0.4, 0.5) is 14.6 Å².